The van der Waals surface area contributed by atoms with Crippen LogP contribution in [0, 0.1) is 0 Å². The summed E-state index contributed by atoms with van der Waals surface area (Å²) in [5.41, 5.74) is 6.68. The van der Waals surface area contributed by atoms with Gasteiger partial charge in [0, 0.05) is 30.9 Å². The van der Waals surface area contributed by atoms with Crippen LogP contribution in [-0.4, -0.2) is 27.4 Å². The van der Waals surface area contributed by atoms with Gasteiger partial charge in [-0.3, -0.25) is 4.98 Å². The number of hydrogen-bond acceptors (Lipinski definition) is 2. The van der Waals surface area contributed by atoms with Gasteiger partial charge in [0.25, 0.3) is 0 Å². The summed E-state index contributed by atoms with van der Waals surface area (Å²) in [7, 11) is 0. The molecule has 2 aromatic heterocycles. The molecule has 28 heavy (non-hydrogen) atoms. The van der Waals surface area contributed by atoms with Crippen LogP contribution in [0.4, 0.5) is 10.5 Å². The van der Waals surface area contributed by atoms with E-state index in [-0.39, 0.29) is 6.03 Å². The van der Waals surface area contributed by atoms with Crippen molar-refractivity contribution >= 4 is 22.6 Å². The highest BCUT2D eigenvalue weighted by Gasteiger charge is 2.21. The third-order valence-electron chi connectivity index (χ3n) is 5.34. The van der Waals surface area contributed by atoms with Crippen molar-refractivity contribution in [2.45, 2.75) is 13.0 Å². The quantitative estimate of drug-likeness (QED) is 0.533. The van der Waals surface area contributed by atoms with Crippen molar-refractivity contribution in [3.63, 3.8) is 0 Å². The van der Waals surface area contributed by atoms with E-state index in [0.717, 1.165) is 23.0 Å². The summed E-state index contributed by atoms with van der Waals surface area (Å²) < 4.78 is 0. The van der Waals surface area contributed by atoms with Gasteiger partial charge in [-0.15, -0.1) is 0 Å². The smallest absolute Gasteiger partial charge is 0.322 e. The average molecular weight is 368 g/mol. The summed E-state index contributed by atoms with van der Waals surface area (Å²) in [4.78, 5) is 21.9. The van der Waals surface area contributed by atoms with Gasteiger partial charge >= 0.3 is 6.03 Å². The normalized spacial score (nSPS) is 13.4. The Hall–Kier alpha value is -3.60. The van der Waals surface area contributed by atoms with Crippen LogP contribution in [0.15, 0.2) is 73.2 Å². The molecule has 3 heterocycles. The van der Waals surface area contributed by atoms with Crippen LogP contribution < -0.4 is 5.32 Å². The van der Waals surface area contributed by atoms with E-state index < -0.39 is 0 Å². The minimum atomic E-state index is -0.0736. The maximum atomic E-state index is 12.8. The van der Waals surface area contributed by atoms with Crippen molar-refractivity contribution in [1.29, 1.82) is 0 Å². The van der Waals surface area contributed by atoms with Gasteiger partial charge in [0.2, 0.25) is 0 Å². The fraction of sp³-hybridized carbons (Fsp3) is 0.130. The first-order chi connectivity index (χ1) is 13.8. The first-order valence-corrected chi connectivity index (χ1v) is 9.42. The Balaban J connectivity index is 1.33. The third-order valence-corrected chi connectivity index (χ3v) is 5.34. The number of rotatable bonds is 2. The number of urea groups is 1. The molecule has 2 amide bonds. The Morgan fingerprint density at radius 3 is 2.82 bits per heavy atom. The van der Waals surface area contributed by atoms with Gasteiger partial charge in [-0.1, -0.05) is 48.5 Å². The minimum absolute atomic E-state index is 0.0736. The summed E-state index contributed by atoms with van der Waals surface area (Å²) in [6.07, 6.45) is 6.16. The van der Waals surface area contributed by atoms with E-state index in [2.05, 4.69) is 57.7 Å². The van der Waals surface area contributed by atoms with Crippen molar-refractivity contribution in [2.75, 3.05) is 11.9 Å². The first kappa shape index (κ1) is 16.6. The minimum Gasteiger partial charge on any atom is -0.358 e. The lowest BCUT2D eigenvalue weighted by molar-refractivity contribution is 0.206. The molecule has 2 aromatic carbocycles. The van der Waals surface area contributed by atoms with Gasteiger partial charge in [-0.05, 0) is 34.7 Å². The number of nitrogens with zero attached hydrogens (tertiary/aromatic N) is 2. The van der Waals surface area contributed by atoms with E-state index in [1.54, 1.807) is 12.4 Å². The molecule has 5 nitrogen and oxygen atoms in total. The highest BCUT2D eigenvalue weighted by Crippen LogP contribution is 2.27. The van der Waals surface area contributed by atoms with Crippen LogP contribution in [-0.2, 0) is 13.0 Å². The molecular weight excluding hydrogens is 348 g/mol. The van der Waals surface area contributed by atoms with Gasteiger partial charge in [-0.25, -0.2) is 4.79 Å². The SMILES string of the molecule is O=C(Nc1c[nH]c2cnccc12)N1CCc2cc(-c3ccccc3)ccc2C1. The van der Waals surface area contributed by atoms with Crippen molar-refractivity contribution in [2.24, 2.45) is 0 Å². The summed E-state index contributed by atoms with van der Waals surface area (Å²) in [5, 5.41) is 4.00. The molecule has 2 N–H and O–H groups in total. The maximum absolute atomic E-state index is 12.8. The molecular formula is C23H20N4O. The lowest BCUT2D eigenvalue weighted by Gasteiger charge is -2.29. The van der Waals surface area contributed by atoms with Gasteiger partial charge in [0.05, 0.1) is 17.4 Å². The second-order valence-electron chi connectivity index (χ2n) is 7.07. The number of carbonyl (C=O) groups excluding carboxylic acids is 1. The lowest BCUT2D eigenvalue weighted by atomic mass is 9.95. The Labute approximate surface area is 163 Å². The van der Waals surface area contributed by atoms with Crippen LogP contribution in [0.1, 0.15) is 11.1 Å². The lowest BCUT2D eigenvalue weighted by Crippen LogP contribution is -2.38. The molecule has 0 bridgehead atoms. The van der Waals surface area contributed by atoms with Crippen molar-refractivity contribution in [1.82, 2.24) is 14.9 Å². The van der Waals surface area contributed by atoms with Crippen LogP contribution in [0.2, 0.25) is 0 Å². The molecule has 5 rings (SSSR count). The topological polar surface area (TPSA) is 61.0 Å². The highest BCUT2D eigenvalue weighted by atomic mass is 16.2. The molecule has 0 radical (unpaired) electrons. The summed E-state index contributed by atoms with van der Waals surface area (Å²) in [5.74, 6) is 0. The van der Waals surface area contributed by atoms with Crippen molar-refractivity contribution in [3.8, 4) is 11.1 Å². The van der Waals surface area contributed by atoms with E-state index in [1.165, 1.54) is 22.3 Å². The van der Waals surface area contributed by atoms with Crippen LogP contribution in [0.25, 0.3) is 22.0 Å². The van der Waals surface area contributed by atoms with Gasteiger partial charge < -0.3 is 15.2 Å². The van der Waals surface area contributed by atoms with Gasteiger partial charge in [-0.2, -0.15) is 0 Å². The van der Waals surface area contributed by atoms with Crippen molar-refractivity contribution < 1.29 is 4.79 Å². The zero-order valence-electron chi connectivity index (χ0n) is 15.4. The van der Waals surface area contributed by atoms with E-state index in [1.807, 2.05) is 23.2 Å². The Kier molecular flexibility index (Phi) is 4.05. The predicted molar refractivity (Wildman–Crippen MR) is 111 cm³/mol. The second-order valence-corrected chi connectivity index (χ2v) is 7.07. The maximum Gasteiger partial charge on any atom is 0.322 e. The molecule has 0 spiro atoms. The first-order valence-electron chi connectivity index (χ1n) is 9.42. The summed E-state index contributed by atoms with van der Waals surface area (Å²) in [6, 6.07) is 18.8. The monoisotopic (exact) mass is 368 g/mol. The number of hydrogen-bond donors (Lipinski definition) is 2. The molecule has 0 atom stereocenters. The second kappa shape index (κ2) is 6.85. The predicted octanol–water partition coefficient (Wildman–Crippen LogP) is 4.82. The molecule has 0 fully saturated rings. The van der Waals surface area contributed by atoms with E-state index in [9.17, 15) is 4.79 Å². The number of benzene rings is 2. The van der Waals surface area contributed by atoms with E-state index in [4.69, 9.17) is 0 Å². The number of nitrogens with one attached hydrogen (secondary N) is 2. The molecule has 0 saturated carbocycles. The number of fused-ring (bicyclic) bond motifs is 2. The largest absolute Gasteiger partial charge is 0.358 e. The van der Waals surface area contributed by atoms with Crippen LogP contribution >= 0.6 is 0 Å². The molecule has 1 aliphatic rings. The molecule has 1 aliphatic heterocycles. The molecule has 138 valence electrons. The highest BCUT2D eigenvalue weighted by molar-refractivity contribution is 6.00. The number of aromatic amines is 1. The number of H-pyrrole nitrogens is 1. The fourth-order valence-electron chi connectivity index (χ4n) is 3.81. The fourth-order valence-corrected chi connectivity index (χ4v) is 3.81. The standard InChI is InChI=1S/C23H20N4O/c28-23(26-22-14-25-21-13-24-10-8-20(21)22)27-11-9-18-12-17(6-7-19(18)15-27)16-4-2-1-3-5-16/h1-8,10,12-14,25H,9,11,15H2,(H,26,28). The zero-order chi connectivity index (χ0) is 18.9. The molecule has 4 aromatic rings. The van der Waals surface area contributed by atoms with Crippen LogP contribution in [0.5, 0.6) is 0 Å². The summed E-state index contributed by atoms with van der Waals surface area (Å²) >= 11 is 0. The number of carbonyl (C=O) groups is 1. The average Bonchev–Trinajstić information content (AvgIpc) is 3.16. The van der Waals surface area contributed by atoms with E-state index in [0.29, 0.717) is 13.1 Å². The molecule has 0 unspecified atom stereocenters. The molecule has 0 aliphatic carbocycles. The Bertz CT molecular complexity index is 1150. The molecule has 5 heteroatoms. The number of pyridine rings is 1. The number of amides is 2. The molecule has 0 saturated heterocycles. The van der Waals surface area contributed by atoms with Gasteiger partial charge in [0.1, 0.15) is 0 Å². The van der Waals surface area contributed by atoms with E-state index >= 15 is 0 Å². The number of anilines is 1. The Morgan fingerprint density at radius 2 is 1.93 bits per heavy atom. The summed E-state index contributed by atoms with van der Waals surface area (Å²) in [6.45, 7) is 1.33. The Morgan fingerprint density at radius 1 is 1.04 bits per heavy atom. The zero-order valence-corrected chi connectivity index (χ0v) is 15.4. The third kappa shape index (κ3) is 3.01. The van der Waals surface area contributed by atoms with Crippen LogP contribution in [0.3, 0.4) is 0 Å². The number of aromatic nitrogens is 2. The van der Waals surface area contributed by atoms with Crippen molar-refractivity contribution in [3.05, 3.63) is 84.3 Å². The van der Waals surface area contributed by atoms with Gasteiger partial charge in [0.15, 0.2) is 0 Å².